The lowest BCUT2D eigenvalue weighted by atomic mass is 9.87. The Morgan fingerprint density at radius 3 is 2.60 bits per heavy atom. The van der Waals surface area contributed by atoms with Crippen LogP contribution in [0, 0.1) is 0 Å². The van der Waals surface area contributed by atoms with Crippen LogP contribution in [0.5, 0.6) is 0 Å². The SMILES string of the molecule is CC(CC1(C)C=NN=N1)c1ccccc1. The molecule has 0 N–H and O–H groups in total. The third kappa shape index (κ3) is 2.29. The molecule has 1 aromatic rings. The second kappa shape index (κ2) is 3.93. The smallest absolute Gasteiger partial charge is 0.118 e. The Morgan fingerprint density at radius 2 is 2.00 bits per heavy atom. The molecule has 0 fully saturated rings. The molecule has 0 spiro atoms. The summed E-state index contributed by atoms with van der Waals surface area (Å²) in [5, 5.41) is 11.6. The lowest BCUT2D eigenvalue weighted by molar-refractivity contribution is 0.514. The zero-order chi connectivity index (χ0) is 10.7. The van der Waals surface area contributed by atoms with Crippen LogP contribution in [0.2, 0.25) is 0 Å². The molecule has 3 heteroatoms. The summed E-state index contributed by atoms with van der Waals surface area (Å²) in [6, 6.07) is 10.5. The highest BCUT2D eigenvalue weighted by molar-refractivity contribution is 5.70. The van der Waals surface area contributed by atoms with E-state index in [-0.39, 0.29) is 5.54 Å². The molecule has 1 aliphatic rings. The van der Waals surface area contributed by atoms with E-state index in [1.54, 1.807) is 0 Å². The van der Waals surface area contributed by atoms with Gasteiger partial charge in [-0.3, -0.25) is 0 Å². The first kappa shape index (κ1) is 10.0. The van der Waals surface area contributed by atoms with Gasteiger partial charge in [0, 0.05) is 0 Å². The van der Waals surface area contributed by atoms with Crippen molar-refractivity contribution < 1.29 is 0 Å². The predicted octanol–water partition coefficient (Wildman–Crippen LogP) is 3.39. The van der Waals surface area contributed by atoms with E-state index in [0.29, 0.717) is 5.92 Å². The van der Waals surface area contributed by atoms with E-state index in [2.05, 4.69) is 53.6 Å². The summed E-state index contributed by atoms with van der Waals surface area (Å²) in [7, 11) is 0. The standard InChI is InChI=1S/C12H15N3/c1-10(11-6-4-3-5-7-11)8-12(2)9-13-15-14-12/h3-7,9-10H,8H2,1-2H3. The van der Waals surface area contributed by atoms with Crippen LogP contribution in [0.15, 0.2) is 45.8 Å². The lowest BCUT2D eigenvalue weighted by Crippen LogP contribution is -2.23. The highest BCUT2D eigenvalue weighted by Crippen LogP contribution is 2.29. The van der Waals surface area contributed by atoms with Gasteiger partial charge in [0.15, 0.2) is 0 Å². The van der Waals surface area contributed by atoms with Crippen molar-refractivity contribution in [2.75, 3.05) is 0 Å². The maximum absolute atomic E-state index is 4.14. The van der Waals surface area contributed by atoms with Crippen LogP contribution in [0.1, 0.15) is 31.7 Å². The summed E-state index contributed by atoms with van der Waals surface area (Å²) in [6.07, 6.45) is 2.77. The minimum Gasteiger partial charge on any atom is -0.157 e. The Labute approximate surface area is 89.9 Å². The molecular formula is C12H15N3. The molecule has 2 rings (SSSR count). The second-order valence-corrected chi connectivity index (χ2v) is 4.31. The fourth-order valence-electron chi connectivity index (χ4n) is 1.92. The Hall–Kier alpha value is -1.51. The predicted molar refractivity (Wildman–Crippen MR) is 61.2 cm³/mol. The molecule has 3 nitrogen and oxygen atoms in total. The van der Waals surface area contributed by atoms with Gasteiger partial charge in [-0.1, -0.05) is 37.3 Å². The van der Waals surface area contributed by atoms with Crippen molar-refractivity contribution in [2.45, 2.75) is 31.7 Å². The normalized spacial score (nSPS) is 25.7. The molecule has 1 heterocycles. The summed E-state index contributed by atoms with van der Waals surface area (Å²) in [5.74, 6) is 0.472. The van der Waals surface area contributed by atoms with Crippen molar-refractivity contribution in [2.24, 2.45) is 15.4 Å². The lowest BCUT2D eigenvalue weighted by Gasteiger charge is -2.20. The second-order valence-electron chi connectivity index (χ2n) is 4.31. The maximum Gasteiger partial charge on any atom is 0.118 e. The van der Waals surface area contributed by atoms with E-state index in [1.165, 1.54) is 5.56 Å². The van der Waals surface area contributed by atoms with Crippen LogP contribution >= 0.6 is 0 Å². The van der Waals surface area contributed by atoms with E-state index >= 15 is 0 Å². The maximum atomic E-state index is 4.14. The molecule has 15 heavy (non-hydrogen) atoms. The van der Waals surface area contributed by atoms with Gasteiger partial charge in [-0.15, -0.1) is 5.10 Å². The summed E-state index contributed by atoms with van der Waals surface area (Å²) in [5.41, 5.74) is 1.13. The minimum atomic E-state index is -0.213. The van der Waals surface area contributed by atoms with Crippen molar-refractivity contribution in [3.8, 4) is 0 Å². The molecule has 0 saturated carbocycles. The number of hydrogen-bond donors (Lipinski definition) is 0. The Morgan fingerprint density at radius 1 is 1.27 bits per heavy atom. The van der Waals surface area contributed by atoms with E-state index in [1.807, 2.05) is 12.3 Å². The topological polar surface area (TPSA) is 37.1 Å². The van der Waals surface area contributed by atoms with Crippen LogP contribution in [0.4, 0.5) is 0 Å². The van der Waals surface area contributed by atoms with Crippen molar-refractivity contribution in [3.63, 3.8) is 0 Å². The van der Waals surface area contributed by atoms with Crippen LogP contribution in [-0.4, -0.2) is 11.8 Å². The minimum absolute atomic E-state index is 0.213. The van der Waals surface area contributed by atoms with Gasteiger partial charge >= 0.3 is 0 Å². The number of hydrogen-bond acceptors (Lipinski definition) is 3. The summed E-state index contributed by atoms with van der Waals surface area (Å²) in [6.45, 7) is 4.27. The van der Waals surface area contributed by atoms with E-state index in [0.717, 1.165) is 6.42 Å². The van der Waals surface area contributed by atoms with Gasteiger partial charge in [0.25, 0.3) is 0 Å². The van der Waals surface area contributed by atoms with Crippen molar-refractivity contribution in [1.82, 2.24) is 0 Å². The first-order valence-corrected chi connectivity index (χ1v) is 5.21. The fourth-order valence-corrected chi connectivity index (χ4v) is 1.92. The number of benzene rings is 1. The van der Waals surface area contributed by atoms with Crippen molar-refractivity contribution in [3.05, 3.63) is 35.9 Å². The average molecular weight is 201 g/mol. The molecular weight excluding hydrogens is 186 g/mol. The Balaban J connectivity index is 2.07. The van der Waals surface area contributed by atoms with Gasteiger partial charge in [0.2, 0.25) is 0 Å². The highest BCUT2D eigenvalue weighted by Gasteiger charge is 2.27. The quantitative estimate of drug-likeness (QED) is 0.719. The van der Waals surface area contributed by atoms with Gasteiger partial charge in [-0.25, -0.2) is 0 Å². The van der Waals surface area contributed by atoms with E-state index in [9.17, 15) is 0 Å². The third-order valence-corrected chi connectivity index (χ3v) is 2.75. The molecule has 0 radical (unpaired) electrons. The molecule has 78 valence electrons. The molecule has 0 aliphatic carbocycles. The van der Waals surface area contributed by atoms with Crippen molar-refractivity contribution in [1.29, 1.82) is 0 Å². The summed E-state index contributed by atoms with van der Waals surface area (Å²) < 4.78 is 0. The monoisotopic (exact) mass is 201 g/mol. The molecule has 1 aromatic carbocycles. The van der Waals surface area contributed by atoms with Gasteiger partial charge < -0.3 is 0 Å². The zero-order valence-electron chi connectivity index (χ0n) is 9.09. The largest absolute Gasteiger partial charge is 0.157 e. The van der Waals surface area contributed by atoms with Crippen LogP contribution in [-0.2, 0) is 0 Å². The summed E-state index contributed by atoms with van der Waals surface area (Å²) >= 11 is 0. The van der Waals surface area contributed by atoms with Crippen LogP contribution in [0.25, 0.3) is 0 Å². The third-order valence-electron chi connectivity index (χ3n) is 2.75. The zero-order valence-corrected chi connectivity index (χ0v) is 9.09. The van der Waals surface area contributed by atoms with E-state index in [4.69, 9.17) is 0 Å². The highest BCUT2D eigenvalue weighted by atomic mass is 15.4. The number of nitrogens with zero attached hydrogens (tertiary/aromatic N) is 3. The van der Waals surface area contributed by atoms with Gasteiger partial charge in [0.1, 0.15) is 5.54 Å². The van der Waals surface area contributed by atoms with E-state index < -0.39 is 0 Å². The van der Waals surface area contributed by atoms with Gasteiger partial charge in [0.05, 0.1) is 6.21 Å². The van der Waals surface area contributed by atoms with Gasteiger partial charge in [-0.2, -0.15) is 5.11 Å². The molecule has 0 saturated heterocycles. The Kier molecular flexibility index (Phi) is 2.62. The van der Waals surface area contributed by atoms with Crippen molar-refractivity contribution >= 4 is 6.21 Å². The average Bonchev–Trinajstić information content (AvgIpc) is 2.66. The molecule has 0 amide bonds. The molecule has 0 bridgehead atoms. The fraction of sp³-hybridized carbons (Fsp3) is 0.417. The Bertz CT molecular complexity index is 369. The molecule has 2 unspecified atom stereocenters. The molecule has 2 atom stereocenters. The first-order valence-electron chi connectivity index (χ1n) is 5.21. The number of rotatable bonds is 3. The first-order chi connectivity index (χ1) is 7.20. The molecule has 0 aromatic heterocycles. The van der Waals surface area contributed by atoms with Gasteiger partial charge in [-0.05, 0) is 30.0 Å². The van der Waals surface area contributed by atoms with Crippen LogP contribution in [0.3, 0.4) is 0 Å². The molecule has 1 aliphatic heterocycles. The van der Waals surface area contributed by atoms with Crippen LogP contribution < -0.4 is 0 Å². The summed E-state index contributed by atoms with van der Waals surface area (Å²) in [4.78, 5) is 0.